The summed E-state index contributed by atoms with van der Waals surface area (Å²) in [6.45, 7) is 4.00. The van der Waals surface area contributed by atoms with E-state index in [0.717, 1.165) is 5.69 Å². The van der Waals surface area contributed by atoms with E-state index in [2.05, 4.69) is 10.7 Å². The maximum Gasteiger partial charge on any atom is 0.110 e. The Morgan fingerprint density at radius 2 is 1.78 bits per heavy atom. The van der Waals surface area contributed by atoms with Gasteiger partial charge in [0.15, 0.2) is 0 Å². The standard InChI is InChI=1S/C10H14ClN5.C2H6/c11-7-2-1-3-8(6-7)15-9(12)4-5-10(13)16-14;1-2/h1-6,15-16H,12-14H2;1-2H3/b9-4+,10-5+;. The molecule has 0 saturated carbocycles. The van der Waals surface area contributed by atoms with Crippen LogP contribution in [0.3, 0.4) is 0 Å². The molecular formula is C12H20ClN5. The van der Waals surface area contributed by atoms with Gasteiger partial charge in [0.1, 0.15) is 11.6 Å². The molecule has 0 atom stereocenters. The smallest absolute Gasteiger partial charge is 0.110 e. The second kappa shape index (κ2) is 9.21. The third-order valence-corrected chi connectivity index (χ3v) is 1.96. The van der Waals surface area contributed by atoms with E-state index in [1.165, 1.54) is 0 Å². The number of hydrogen-bond donors (Lipinski definition) is 5. The van der Waals surface area contributed by atoms with Crippen LogP contribution in [0.2, 0.25) is 5.02 Å². The summed E-state index contributed by atoms with van der Waals surface area (Å²) in [5.41, 5.74) is 14.2. The van der Waals surface area contributed by atoms with Gasteiger partial charge in [-0.15, -0.1) is 0 Å². The van der Waals surface area contributed by atoms with Gasteiger partial charge in [0.05, 0.1) is 0 Å². The molecule has 0 saturated heterocycles. The maximum absolute atomic E-state index is 5.82. The molecule has 0 aliphatic rings. The van der Waals surface area contributed by atoms with Crippen LogP contribution in [-0.2, 0) is 0 Å². The van der Waals surface area contributed by atoms with Crippen molar-refractivity contribution < 1.29 is 0 Å². The van der Waals surface area contributed by atoms with Crippen LogP contribution in [0.15, 0.2) is 48.1 Å². The molecule has 8 N–H and O–H groups in total. The summed E-state index contributed by atoms with van der Waals surface area (Å²) in [6.07, 6.45) is 3.14. The topological polar surface area (TPSA) is 102 Å². The van der Waals surface area contributed by atoms with Gasteiger partial charge in [-0.3, -0.25) is 0 Å². The van der Waals surface area contributed by atoms with Crippen molar-refractivity contribution in [3.8, 4) is 0 Å². The third-order valence-electron chi connectivity index (χ3n) is 1.72. The van der Waals surface area contributed by atoms with E-state index in [0.29, 0.717) is 16.7 Å². The fourth-order valence-corrected chi connectivity index (χ4v) is 1.19. The van der Waals surface area contributed by atoms with Crippen LogP contribution in [0.25, 0.3) is 0 Å². The zero-order valence-corrected chi connectivity index (χ0v) is 11.3. The summed E-state index contributed by atoms with van der Waals surface area (Å²) < 4.78 is 0. The lowest BCUT2D eigenvalue weighted by atomic mass is 10.3. The summed E-state index contributed by atoms with van der Waals surface area (Å²) in [5.74, 6) is 5.83. The molecule has 1 aromatic carbocycles. The number of allylic oxidation sites excluding steroid dienone is 2. The predicted molar refractivity (Wildman–Crippen MR) is 78.3 cm³/mol. The summed E-state index contributed by atoms with van der Waals surface area (Å²) in [5, 5.41) is 3.58. The number of nitrogens with two attached hydrogens (primary N) is 3. The van der Waals surface area contributed by atoms with Crippen LogP contribution in [0.1, 0.15) is 13.8 Å². The normalized spacial score (nSPS) is 11.3. The lowest BCUT2D eigenvalue weighted by Crippen LogP contribution is -2.26. The molecule has 0 aromatic heterocycles. The lowest BCUT2D eigenvalue weighted by molar-refractivity contribution is 0.869. The molecule has 0 spiro atoms. The highest BCUT2D eigenvalue weighted by Gasteiger charge is 1.93. The average molecular weight is 270 g/mol. The molecule has 0 unspecified atom stereocenters. The minimum Gasteiger partial charge on any atom is -0.385 e. The second-order valence-corrected chi connectivity index (χ2v) is 3.46. The van der Waals surface area contributed by atoms with Gasteiger partial charge in [0.25, 0.3) is 0 Å². The highest BCUT2D eigenvalue weighted by molar-refractivity contribution is 6.30. The van der Waals surface area contributed by atoms with Crippen molar-refractivity contribution in [1.29, 1.82) is 0 Å². The highest BCUT2D eigenvalue weighted by Crippen LogP contribution is 2.15. The molecule has 0 aliphatic carbocycles. The van der Waals surface area contributed by atoms with Crippen LogP contribution in [-0.4, -0.2) is 0 Å². The molecule has 5 nitrogen and oxygen atoms in total. The molecule has 1 rings (SSSR count). The molecular weight excluding hydrogens is 250 g/mol. The van der Waals surface area contributed by atoms with Crippen LogP contribution < -0.4 is 28.1 Å². The van der Waals surface area contributed by atoms with Crippen molar-refractivity contribution >= 4 is 17.3 Å². The molecule has 0 heterocycles. The number of anilines is 1. The Bertz CT molecular complexity index is 415. The van der Waals surface area contributed by atoms with E-state index in [-0.39, 0.29) is 0 Å². The van der Waals surface area contributed by atoms with E-state index >= 15 is 0 Å². The first-order chi connectivity index (χ1) is 8.61. The monoisotopic (exact) mass is 269 g/mol. The SMILES string of the molecule is CC.NN/C(N)=C/C=C(\N)Nc1cccc(Cl)c1. The lowest BCUT2D eigenvalue weighted by Gasteiger charge is -2.05. The maximum atomic E-state index is 5.82. The quantitative estimate of drug-likeness (QED) is 0.326. The average Bonchev–Trinajstić information content (AvgIpc) is 2.38. The van der Waals surface area contributed by atoms with Gasteiger partial charge in [0.2, 0.25) is 0 Å². The molecule has 1 aromatic rings. The van der Waals surface area contributed by atoms with E-state index in [9.17, 15) is 0 Å². The van der Waals surface area contributed by atoms with Crippen molar-refractivity contribution in [3.63, 3.8) is 0 Å². The van der Waals surface area contributed by atoms with Gasteiger partial charge in [-0.05, 0) is 30.4 Å². The number of benzene rings is 1. The molecule has 6 heteroatoms. The van der Waals surface area contributed by atoms with Gasteiger partial charge in [-0.25, -0.2) is 5.84 Å². The number of nitrogens with one attached hydrogen (secondary N) is 2. The summed E-state index contributed by atoms with van der Waals surface area (Å²) >= 11 is 5.82. The number of hydrogen-bond acceptors (Lipinski definition) is 5. The first kappa shape index (κ1) is 16.1. The Kier molecular flexibility index (Phi) is 8.26. The van der Waals surface area contributed by atoms with Crippen LogP contribution >= 0.6 is 11.6 Å². The fourth-order valence-electron chi connectivity index (χ4n) is 1.00. The Hall–Kier alpha value is -1.85. The Morgan fingerprint density at radius 3 is 2.33 bits per heavy atom. The summed E-state index contributed by atoms with van der Waals surface area (Å²) in [6, 6.07) is 7.21. The van der Waals surface area contributed by atoms with Crippen LogP contribution in [0, 0.1) is 0 Å². The van der Waals surface area contributed by atoms with Gasteiger partial charge < -0.3 is 22.2 Å². The molecule has 100 valence electrons. The fraction of sp³-hybridized carbons (Fsp3) is 0.167. The third kappa shape index (κ3) is 6.67. The molecule has 0 fully saturated rings. The largest absolute Gasteiger partial charge is 0.385 e. The van der Waals surface area contributed by atoms with E-state index in [1.807, 2.05) is 26.0 Å². The molecule has 0 amide bonds. The van der Waals surface area contributed by atoms with E-state index in [1.54, 1.807) is 24.3 Å². The summed E-state index contributed by atoms with van der Waals surface area (Å²) in [4.78, 5) is 0. The molecule has 0 radical (unpaired) electrons. The van der Waals surface area contributed by atoms with Crippen molar-refractivity contribution in [2.75, 3.05) is 5.32 Å². The van der Waals surface area contributed by atoms with Crippen molar-refractivity contribution in [2.24, 2.45) is 17.3 Å². The highest BCUT2D eigenvalue weighted by atomic mass is 35.5. The van der Waals surface area contributed by atoms with Gasteiger partial charge in [-0.1, -0.05) is 31.5 Å². The number of hydrazine groups is 1. The molecule has 0 aliphatic heterocycles. The van der Waals surface area contributed by atoms with Gasteiger partial charge in [-0.2, -0.15) is 0 Å². The van der Waals surface area contributed by atoms with Crippen molar-refractivity contribution in [1.82, 2.24) is 5.43 Å². The van der Waals surface area contributed by atoms with Crippen molar-refractivity contribution in [2.45, 2.75) is 13.8 Å². The van der Waals surface area contributed by atoms with Crippen LogP contribution in [0.4, 0.5) is 5.69 Å². The minimum absolute atomic E-state index is 0.316. The van der Waals surface area contributed by atoms with Crippen LogP contribution in [0.5, 0.6) is 0 Å². The van der Waals surface area contributed by atoms with Gasteiger partial charge in [0, 0.05) is 10.7 Å². The van der Waals surface area contributed by atoms with E-state index in [4.69, 9.17) is 28.9 Å². The number of rotatable bonds is 4. The Balaban J connectivity index is 0.00000137. The molecule has 18 heavy (non-hydrogen) atoms. The predicted octanol–water partition coefficient (Wildman–Crippen LogP) is 1.84. The zero-order chi connectivity index (χ0) is 14.0. The first-order valence-corrected chi connectivity index (χ1v) is 5.92. The first-order valence-electron chi connectivity index (χ1n) is 5.54. The summed E-state index contributed by atoms with van der Waals surface area (Å²) in [7, 11) is 0. The molecule has 0 bridgehead atoms. The van der Waals surface area contributed by atoms with E-state index < -0.39 is 0 Å². The zero-order valence-electron chi connectivity index (χ0n) is 10.6. The minimum atomic E-state index is 0.316. The van der Waals surface area contributed by atoms with Crippen molar-refractivity contribution in [3.05, 3.63) is 53.1 Å². The second-order valence-electron chi connectivity index (χ2n) is 3.02. The Labute approximate surface area is 113 Å². The number of halogens is 1. The van der Waals surface area contributed by atoms with Gasteiger partial charge >= 0.3 is 0 Å². The Morgan fingerprint density at radius 1 is 1.17 bits per heavy atom.